The topological polar surface area (TPSA) is 146 Å². The molecule has 124 valence electrons. The minimum Gasteiger partial charge on any atom is -0.466 e. The van der Waals surface area contributed by atoms with E-state index in [0.717, 1.165) is 0 Å². The largest absolute Gasteiger partial charge is 0.469 e. The van der Waals surface area contributed by atoms with Gasteiger partial charge in [0.05, 0.1) is 6.33 Å². The van der Waals surface area contributed by atoms with E-state index in [-0.39, 0.29) is 22.9 Å². The highest BCUT2D eigenvalue weighted by Gasteiger charge is 2.33. The van der Waals surface area contributed by atoms with Gasteiger partial charge in [-0.05, 0) is 0 Å². The number of hydrogen-bond acceptors (Lipinski definition) is 9. The predicted octanol–water partition coefficient (Wildman–Crippen LogP) is 0.356. The fourth-order valence-electron chi connectivity index (χ4n) is 1.97. The van der Waals surface area contributed by atoms with Gasteiger partial charge in [0.1, 0.15) is 18.0 Å². The molecule has 0 aliphatic carbocycles. The van der Waals surface area contributed by atoms with Crippen molar-refractivity contribution in [1.29, 1.82) is 0 Å². The number of H-pyrrole nitrogens is 1. The first-order valence-corrected chi connectivity index (χ1v) is 8.54. The van der Waals surface area contributed by atoms with E-state index in [1.165, 1.54) is 6.33 Å². The number of thiol groups is 2. The van der Waals surface area contributed by atoms with E-state index in [2.05, 4.69) is 50.4 Å². The second-order valence-electron chi connectivity index (χ2n) is 4.54. The third-order valence-corrected chi connectivity index (χ3v) is 4.64. The average Bonchev–Trinajstić information content (AvgIpc) is 2.48. The molecule has 0 saturated heterocycles. The molecule has 10 nitrogen and oxygen atoms in total. The molecular formula is C10H11N4O6PS2. The van der Waals surface area contributed by atoms with Gasteiger partial charge < -0.3 is 30.1 Å². The summed E-state index contributed by atoms with van der Waals surface area (Å²) in [4.78, 5) is 36.4. The van der Waals surface area contributed by atoms with Crippen LogP contribution in [0.4, 0.5) is 11.5 Å². The molecule has 0 amide bonds. The maximum atomic E-state index is 11.8. The Kier molecular flexibility index (Phi) is 4.21. The van der Waals surface area contributed by atoms with Crippen molar-refractivity contribution in [2.75, 3.05) is 17.2 Å². The van der Waals surface area contributed by atoms with Crippen molar-refractivity contribution in [2.24, 2.45) is 0 Å². The van der Waals surface area contributed by atoms with Crippen molar-refractivity contribution >= 4 is 44.6 Å². The van der Waals surface area contributed by atoms with Crippen molar-refractivity contribution in [3.05, 3.63) is 38.1 Å². The molecule has 0 saturated carbocycles. The van der Waals surface area contributed by atoms with E-state index in [9.17, 15) is 9.36 Å². The van der Waals surface area contributed by atoms with Crippen LogP contribution < -0.4 is 16.2 Å². The summed E-state index contributed by atoms with van der Waals surface area (Å²) < 4.78 is 20.8. The molecule has 0 bridgehead atoms. The van der Waals surface area contributed by atoms with Gasteiger partial charge in [0, 0.05) is 9.81 Å². The molecule has 13 heteroatoms. The first-order chi connectivity index (χ1) is 10.8. The molecule has 0 radical (unpaired) electrons. The van der Waals surface area contributed by atoms with E-state index >= 15 is 0 Å². The summed E-state index contributed by atoms with van der Waals surface area (Å²) in [5.41, 5.74) is 0.159. The Morgan fingerprint density at radius 3 is 2.83 bits per heavy atom. The second kappa shape index (κ2) is 5.89. The minimum absolute atomic E-state index is 0.187. The highest BCUT2D eigenvalue weighted by molar-refractivity contribution is 7.88. The van der Waals surface area contributed by atoms with E-state index in [0.29, 0.717) is 15.5 Å². The fraction of sp³-hybridized carbons (Fsp3) is 0.200. The smallest absolute Gasteiger partial charge is 0.466 e. The van der Waals surface area contributed by atoms with Crippen LogP contribution in [-0.2, 0) is 13.8 Å². The summed E-state index contributed by atoms with van der Waals surface area (Å²) in [6, 6.07) is 0. The third kappa shape index (κ3) is 3.27. The molecule has 1 unspecified atom stereocenters. The molecule has 0 aromatic carbocycles. The SMILES string of the molecule is O=c1[nH]cnc2c1NC1=C(N2)OC(COP(=O)(O)O)C(S)=C1S. The lowest BCUT2D eigenvalue weighted by Gasteiger charge is -2.32. The van der Waals surface area contributed by atoms with Crippen LogP contribution in [0.5, 0.6) is 0 Å². The van der Waals surface area contributed by atoms with Crippen LogP contribution in [0.25, 0.3) is 0 Å². The van der Waals surface area contributed by atoms with E-state index in [1.807, 2.05) is 0 Å². The number of phosphoric acid groups is 1. The van der Waals surface area contributed by atoms with Crippen LogP contribution in [0.1, 0.15) is 0 Å². The molecule has 0 spiro atoms. The molecule has 1 aromatic rings. The highest BCUT2D eigenvalue weighted by Crippen LogP contribution is 2.41. The standard InChI is InChI=1S/C10H11N4O6PS2/c15-9-5-8(11-2-12-9)14-10-4(13-5)7(23)6(22)3(20-10)1-19-21(16,17)18/h2-3,13,22-23H,1H2,(H2,16,17,18)(H2,11,12,14,15). The molecule has 1 atom stereocenters. The van der Waals surface area contributed by atoms with Gasteiger partial charge in [0.25, 0.3) is 5.56 Å². The summed E-state index contributed by atoms with van der Waals surface area (Å²) in [6.07, 6.45) is 0.343. The number of hydrogen-bond donors (Lipinski definition) is 7. The number of nitrogens with zero attached hydrogens (tertiary/aromatic N) is 1. The van der Waals surface area contributed by atoms with Gasteiger partial charge in [-0.25, -0.2) is 9.55 Å². The Bertz CT molecular complexity index is 831. The predicted molar refractivity (Wildman–Crippen MR) is 87.0 cm³/mol. The van der Waals surface area contributed by atoms with Crippen molar-refractivity contribution in [3.8, 4) is 0 Å². The van der Waals surface area contributed by atoms with Gasteiger partial charge in [-0.2, -0.15) is 0 Å². The summed E-state index contributed by atoms with van der Waals surface area (Å²) in [5.74, 6) is 0.434. The molecule has 2 aliphatic rings. The van der Waals surface area contributed by atoms with Crippen molar-refractivity contribution in [3.63, 3.8) is 0 Å². The summed E-state index contributed by atoms with van der Waals surface area (Å²) >= 11 is 8.55. The maximum Gasteiger partial charge on any atom is 0.469 e. The maximum absolute atomic E-state index is 11.8. The molecule has 2 aliphatic heterocycles. The Morgan fingerprint density at radius 1 is 1.39 bits per heavy atom. The third-order valence-electron chi connectivity index (χ3n) is 3.00. The van der Waals surface area contributed by atoms with Gasteiger partial charge in [0.2, 0.25) is 5.88 Å². The quantitative estimate of drug-likeness (QED) is 0.293. The number of ether oxygens (including phenoxy) is 1. The van der Waals surface area contributed by atoms with Gasteiger partial charge in [-0.15, -0.1) is 25.3 Å². The second-order valence-corrected chi connectivity index (χ2v) is 6.70. The lowest BCUT2D eigenvalue weighted by atomic mass is 10.2. The first-order valence-electron chi connectivity index (χ1n) is 6.11. The van der Waals surface area contributed by atoms with Gasteiger partial charge >= 0.3 is 7.82 Å². The zero-order valence-corrected chi connectivity index (χ0v) is 13.9. The zero-order valence-electron chi connectivity index (χ0n) is 11.2. The molecular weight excluding hydrogens is 367 g/mol. The van der Waals surface area contributed by atoms with Gasteiger partial charge in [-0.3, -0.25) is 9.32 Å². The van der Waals surface area contributed by atoms with E-state index in [4.69, 9.17) is 14.5 Å². The number of aromatic nitrogens is 2. The summed E-state index contributed by atoms with van der Waals surface area (Å²) in [7, 11) is -4.65. The number of rotatable bonds is 3. The van der Waals surface area contributed by atoms with Crippen LogP contribution in [0.2, 0.25) is 0 Å². The van der Waals surface area contributed by atoms with Crippen molar-refractivity contribution < 1.29 is 23.6 Å². The summed E-state index contributed by atoms with van der Waals surface area (Å²) in [6.45, 7) is -0.429. The zero-order chi connectivity index (χ0) is 16.8. The highest BCUT2D eigenvalue weighted by atomic mass is 32.1. The Hall–Kier alpha value is -1.43. The molecule has 5 N–H and O–H groups in total. The lowest BCUT2D eigenvalue weighted by molar-refractivity contribution is 0.0793. The van der Waals surface area contributed by atoms with Crippen LogP contribution >= 0.6 is 33.1 Å². The van der Waals surface area contributed by atoms with Crippen LogP contribution in [0, 0.1) is 0 Å². The summed E-state index contributed by atoms with van der Waals surface area (Å²) in [5, 5.41) is 5.66. The number of phosphoric ester groups is 1. The lowest BCUT2D eigenvalue weighted by Crippen LogP contribution is -2.33. The van der Waals surface area contributed by atoms with Gasteiger partial charge in [0.15, 0.2) is 11.9 Å². The van der Waals surface area contributed by atoms with E-state index < -0.39 is 20.5 Å². The monoisotopic (exact) mass is 378 g/mol. The normalized spacial score (nSPS) is 20.3. The van der Waals surface area contributed by atoms with Gasteiger partial charge in [-0.1, -0.05) is 0 Å². The molecule has 1 aromatic heterocycles. The number of fused-ring (bicyclic) bond motifs is 1. The molecule has 23 heavy (non-hydrogen) atoms. The Labute approximate surface area is 140 Å². The van der Waals surface area contributed by atoms with Crippen molar-refractivity contribution in [1.82, 2.24) is 9.97 Å². The van der Waals surface area contributed by atoms with E-state index in [1.54, 1.807) is 0 Å². The number of aromatic amines is 1. The van der Waals surface area contributed by atoms with Crippen LogP contribution in [0.3, 0.4) is 0 Å². The van der Waals surface area contributed by atoms with Crippen LogP contribution in [0.15, 0.2) is 32.5 Å². The number of anilines is 2. The first kappa shape index (κ1) is 16.4. The average molecular weight is 378 g/mol. The number of nitrogens with one attached hydrogen (secondary N) is 3. The minimum atomic E-state index is -4.65. The van der Waals surface area contributed by atoms with Crippen molar-refractivity contribution in [2.45, 2.75) is 6.10 Å². The molecule has 0 fully saturated rings. The Balaban J connectivity index is 1.89. The van der Waals surface area contributed by atoms with Crippen LogP contribution in [-0.4, -0.2) is 32.5 Å². The Morgan fingerprint density at radius 2 is 2.13 bits per heavy atom. The molecule has 3 heterocycles. The molecule has 3 rings (SSSR count). The fourth-order valence-corrected chi connectivity index (χ4v) is 2.84.